The third kappa shape index (κ3) is 9.88. The molecule has 1 aliphatic heterocycles. The normalized spacial score (nSPS) is 16.8. The first-order chi connectivity index (χ1) is 7.14. The van der Waals surface area contributed by atoms with Crippen molar-refractivity contribution in [1.82, 2.24) is 5.32 Å². The Morgan fingerprint density at radius 1 is 1.31 bits per heavy atom. The highest BCUT2D eigenvalue weighted by atomic mass is 32.2. The van der Waals surface area contributed by atoms with Crippen molar-refractivity contribution in [2.75, 3.05) is 19.3 Å². The lowest BCUT2D eigenvalue weighted by atomic mass is 10.2. The molecule has 0 aromatic heterocycles. The second kappa shape index (κ2) is 6.17. The van der Waals surface area contributed by atoms with Crippen molar-refractivity contribution in [3.63, 3.8) is 0 Å². The molecule has 0 aliphatic carbocycles. The second-order valence-corrected chi connectivity index (χ2v) is 6.01. The van der Waals surface area contributed by atoms with Crippen LogP contribution in [0, 0.1) is 0 Å². The fourth-order valence-electron chi connectivity index (χ4n) is 0.722. The van der Waals surface area contributed by atoms with Crippen LogP contribution in [-0.4, -0.2) is 45.9 Å². The minimum atomic E-state index is -3.22. The van der Waals surface area contributed by atoms with Gasteiger partial charge in [0, 0.05) is 13.1 Å². The Labute approximate surface area is 96.4 Å². The van der Waals surface area contributed by atoms with E-state index in [0.717, 1.165) is 6.26 Å². The molecule has 1 fully saturated rings. The van der Waals surface area contributed by atoms with Crippen LogP contribution in [0.1, 0.15) is 20.8 Å². The van der Waals surface area contributed by atoms with E-state index in [-0.39, 0.29) is 11.7 Å². The molecule has 1 aliphatic rings. The first-order valence-electron chi connectivity index (χ1n) is 4.84. The Morgan fingerprint density at radius 2 is 1.81 bits per heavy atom. The van der Waals surface area contributed by atoms with Gasteiger partial charge in [0.25, 0.3) is 16.6 Å². The topological polar surface area (TPSA) is 81.7 Å². The van der Waals surface area contributed by atoms with Crippen molar-refractivity contribution in [3.8, 4) is 0 Å². The van der Waals surface area contributed by atoms with Crippen LogP contribution >= 0.6 is 0 Å². The van der Waals surface area contributed by atoms with Crippen molar-refractivity contribution < 1.29 is 22.1 Å². The minimum Gasteiger partial charge on any atom is -0.462 e. The zero-order chi connectivity index (χ0) is 12.8. The van der Waals surface area contributed by atoms with Gasteiger partial charge in [-0.15, -0.1) is 0 Å². The zero-order valence-corrected chi connectivity index (χ0v) is 10.8. The zero-order valence-electron chi connectivity index (χ0n) is 10.0. The Balaban J connectivity index is 0.000000293. The molecule has 6 nitrogen and oxygen atoms in total. The van der Waals surface area contributed by atoms with Crippen LogP contribution in [0.25, 0.3) is 0 Å². The Kier molecular flexibility index (Phi) is 5.91. The van der Waals surface area contributed by atoms with Crippen LogP contribution in [0.3, 0.4) is 0 Å². The average molecular weight is 253 g/mol. The summed E-state index contributed by atoms with van der Waals surface area (Å²) in [6.07, 6.45) is 0.936. The number of hydrogen-bond acceptors (Lipinski definition) is 6. The number of carbonyl (C=O) groups excluding carboxylic acids is 1. The van der Waals surface area contributed by atoms with Gasteiger partial charge in [-0.25, -0.2) is 0 Å². The maximum absolute atomic E-state index is 10.4. The van der Waals surface area contributed by atoms with E-state index in [1.54, 1.807) is 0 Å². The lowest BCUT2D eigenvalue weighted by Crippen LogP contribution is -2.49. The summed E-state index contributed by atoms with van der Waals surface area (Å²) >= 11 is 0. The van der Waals surface area contributed by atoms with Crippen molar-refractivity contribution >= 4 is 16.6 Å². The van der Waals surface area contributed by atoms with E-state index >= 15 is 0 Å². The molecule has 1 heterocycles. The smallest absolute Gasteiger partial charge is 0.293 e. The van der Waals surface area contributed by atoms with Gasteiger partial charge >= 0.3 is 0 Å². The monoisotopic (exact) mass is 253 g/mol. The summed E-state index contributed by atoms with van der Waals surface area (Å²) in [5, 5.41) is 2.89. The number of hydrogen-bond donors (Lipinski definition) is 1. The summed E-state index contributed by atoms with van der Waals surface area (Å²) in [7, 11) is -3.22. The Bertz CT molecular complexity index is 302. The van der Waals surface area contributed by atoms with Gasteiger partial charge in [-0.3, -0.25) is 8.98 Å². The molecule has 0 unspecified atom stereocenters. The molecule has 0 amide bonds. The summed E-state index contributed by atoms with van der Waals surface area (Å²) in [5.74, 6) is 0. The van der Waals surface area contributed by atoms with Crippen LogP contribution in [-0.2, 0) is 23.8 Å². The summed E-state index contributed by atoms with van der Waals surface area (Å²) in [6.45, 7) is 7.21. The number of carbonyl (C=O) groups is 1. The van der Waals surface area contributed by atoms with Crippen LogP contribution in [0.2, 0.25) is 0 Å². The van der Waals surface area contributed by atoms with E-state index in [0.29, 0.717) is 19.6 Å². The molecule has 0 bridgehead atoms. The molecule has 0 saturated carbocycles. The minimum absolute atomic E-state index is 0.125. The molecule has 0 spiro atoms. The molecule has 0 atom stereocenters. The molecule has 7 heteroatoms. The van der Waals surface area contributed by atoms with Gasteiger partial charge in [0.15, 0.2) is 0 Å². The van der Waals surface area contributed by atoms with Crippen LogP contribution in [0.4, 0.5) is 0 Å². The predicted octanol–water partition coefficient (Wildman–Crippen LogP) is -0.108. The maximum Gasteiger partial charge on any atom is 0.293 e. The summed E-state index contributed by atoms with van der Waals surface area (Å²) < 4.78 is 29.9. The molecule has 0 aromatic carbocycles. The lowest BCUT2D eigenvalue weighted by molar-refractivity contribution is -0.138. The van der Waals surface area contributed by atoms with E-state index < -0.39 is 10.1 Å². The van der Waals surface area contributed by atoms with Crippen molar-refractivity contribution in [3.05, 3.63) is 0 Å². The van der Waals surface area contributed by atoms with Crippen molar-refractivity contribution in [1.29, 1.82) is 0 Å². The quantitative estimate of drug-likeness (QED) is 0.558. The summed E-state index contributed by atoms with van der Waals surface area (Å²) in [6, 6.07) is 0. The Hall–Kier alpha value is -0.660. The van der Waals surface area contributed by atoms with Gasteiger partial charge < -0.3 is 10.1 Å². The second-order valence-electron chi connectivity index (χ2n) is 4.41. The fourth-order valence-corrected chi connectivity index (χ4v) is 1.35. The number of rotatable bonds is 3. The number of ether oxygens (including phenoxy) is 1. The van der Waals surface area contributed by atoms with E-state index in [4.69, 9.17) is 0 Å². The third-order valence-corrected chi connectivity index (χ3v) is 2.08. The fraction of sp³-hybridized carbons (Fsp3) is 0.889. The van der Waals surface area contributed by atoms with Crippen LogP contribution in [0.15, 0.2) is 0 Å². The lowest BCUT2D eigenvalue weighted by Gasteiger charge is -2.25. The molecule has 96 valence electrons. The van der Waals surface area contributed by atoms with E-state index in [9.17, 15) is 13.2 Å². The average Bonchev–Trinajstić information content (AvgIpc) is 1.94. The van der Waals surface area contributed by atoms with Gasteiger partial charge in [-0.05, 0) is 20.8 Å². The first-order valence-corrected chi connectivity index (χ1v) is 6.66. The van der Waals surface area contributed by atoms with Crippen molar-refractivity contribution in [2.45, 2.75) is 32.5 Å². The van der Waals surface area contributed by atoms with Crippen LogP contribution in [0.5, 0.6) is 0 Å². The molecule has 0 aromatic rings. The molecule has 1 rings (SSSR count). The molecule has 1 saturated heterocycles. The highest BCUT2D eigenvalue weighted by Gasteiger charge is 2.21. The highest BCUT2D eigenvalue weighted by molar-refractivity contribution is 7.86. The van der Waals surface area contributed by atoms with Gasteiger partial charge in [0.05, 0.1) is 6.26 Å². The standard InChI is InChI=1S/C5H10O2.C4H9NO3S/c1-5(2,3)7-4-6;1-9(6,7)8-4-2-5-3-4/h4H,1-3H3;4-5H,2-3H2,1H3. The van der Waals surface area contributed by atoms with Crippen molar-refractivity contribution in [2.24, 2.45) is 0 Å². The third-order valence-electron chi connectivity index (χ3n) is 1.46. The predicted molar refractivity (Wildman–Crippen MR) is 59.5 cm³/mol. The SMILES string of the molecule is CC(C)(C)OC=O.CS(=O)(=O)OC1CNC1. The summed E-state index contributed by atoms with van der Waals surface area (Å²) in [5.41, 5.74) is -0.318. The molecule has 16 heavy (non-hydrogen) atoms. The summed E-state index contributed by atoms with van der Waals surface area (Å²) in [4.78, 5) is 9.60. The maximum atomic E-state index is 10.4. The highest BCUT2D eigenvalue weighted by Crippen LogP contribution is 2.02. The van der Waals surface area contributed by atoms with Gasteiger partial charge in [-0.2, -0.15) is 8.42 Å². The van der Waals surface area contributed by atoms with E-state index in [1.165, 1.54) is 0 Å². The largest absolute Gasteiger partial charge is 0.462 e. The molecular weight excluding hydrogens is 234 g/mol. The van der Waals surface area contributed by atoms with Gasteiger partial charge in [0.1, 0.15) is 11.7 Å². The molecule has 1 N–H and O–H groups in total. The first kappa shape index (κ1) is 15.3. The molecular formula is C9H19NO5S. The van der Waals surface area contributed by atoms with Gasteiger partial charge in [-0.1, -0.05) is 0 Å². The Morgan fingerprint density at radius 3 is 1.88 bits per heavy atom. The van der Waals surface area contributed by atoms with Gasteiger partial charge in [0.2, 0.25) is 0 Å². The van der Waals surface area contributed by atoms with E-state index in [2.05, 4.69) is 14.2 Å². The molecule has 0 radical (unpaired) electrons. The number of nitrogens with one attached hydrogen (secondary N) is 1. The van der Waals surface area contributed by atoms with Crippen LogP contribution < -0.4 is 5.32 Å². The van der Waals surface area contributed by atoms with E-state index in [1.807, 2.05) is 20.8 Å².